The first kappa shape index (κ1) is 16.7. The minimum absolute atomic E-state index is 0.145. The SMILES string of the molecule is O=C(O)CCCN1CCN(S(=O)(=O)c2ccc(Cl)s2)CC1. The molecule has 1 aliphatic heterocycles. The number of carbonyl (C=O) groups is 1. The number of thiophene rings is 1. The quantitative estimate of drug-likeness (QED) is 0.840. The number of sulfonamides is 1. The molecule has 2 rings (SSSR count). The predicted octanol–water partition coefficient (Wildman–Crippen LogP) is 1.57. The Labute approximate surface area is 133 Å². The Balaban J connectivity index is 1.87. The standard InChI is InChI=1S/C12H17ClN2O4S2/c13-10-3-4-12(20-10)21(18,19)15-8-6-14(7-9-15)5-1-2-11(16)17/h3-4H,1-2,5-9H2,(H,16,17). The minimum atomic E-state index is -3.45. The van der Waals surface area contributed by atoms with Crippen LogP contribution in [0.3, 0.4) is 0 Å². The van der Waals surface area contributed by atoms with Crippen LogP contribution in [0.15, 0.2) is 16.3 Å². The van der Waals surface area contributed by atoms with Gasteiger partial charge in [-0.1, -0.05) is 11.6 Å². The number of halogens is 1. The summed E-state index contributed by atoms with van der Waals surface area (Å²) < 4.78 is 27.0. The molecule has 1 saturated heterocycles. The second-order valence-electron chi connectivity index (χ2n) is 4.80. The fourth-order valence-corrected chi connectivity index (χ4v) is 5.27. The highest BCUT2D eigenvalue weighted by atomic mass is 35.5. The number of hydrogen-bond donors (Lipinski definition) is 1. The molecule has 0 unspecified atom stereocenters. The molecule has 0 aromatic carbocycles. The number of hydrogen-bond acceptors (Lipinski definition) is 5. The third-order valence-corrected chi connectivity index (χ3v) is 6.94. The lowest BCUT2D eigenvalue weighted by molar-refractivity contribution is -0.137. The van der Waals surface area contributed by atoms with Gasteiger partial charge in [-0.3, -0.25) is 4.79 Å². The van der Waals surface area contributed by atoms with E-state index < -0.39 is 16.0 Å². The first-order chi connectivity index (χ1) is 9.89. The van der Waals surface area contributed by atoms with E-state index in [9.17, 15) is 13.2 Å². The molecule has 6 nitrogen and oxygen atoms in total. The minimum Gasteiger partial charge on any atom is -0.481 e. The summed E-state index contributed by atoms with van der Waals surface area (Å²) in [7, 11) is -3.45. The van der Waals surface area contributed by atoms with Gasteiger partial charge in [0.1, 0.15) is 4.21 Å². The molecule has 118 valence electrons. The van der Waals surface area contributed by atoms with Gasteiger partial charge in [-0.2, -0.15) is 4.31 Å². The van der Waals surface area contributed by atoms with Crippen LogP contribution >= 0.6 is 22.9 Å². The van der Waals surface area contributed by atoms with E-state index in [4.69, 9.17) is 16.7 Å². The van der Waals surface area contributed by atoms with Gasteiger partial charge in [0, 0.05) is 32.6 Å². The van der Waals surface area contributed by atoms with Crippen LogP contribution in [0.1, 0.15) is 12.8 Å². The second-order valence-corrected chi connectivity index (χ2v) is 8.68. The Morgan fingerprint density at radius 2 is 1.95 bits per heavy atom. The largest absolute Gasteiger partial charge is 0.481 e. The van der Waals surface area contributed by atoms with Crippen molar-refractivity contribution in [3.63, 3.8) is 0 Å². The maximum atomic E-state index is 12.4. The van der Waals surface area contributed by atoms with Crippen molar-refractivity contribution in [1.82, 2.24) is 9.21 Å². The van der Waals surface area contributed by atoms with E-state index in [1.807, 2.05) is 0 Å². The zero-order chi connectivity index (χ0) is 15.5. The van der Waals surface area contributed by atoms with Crippen LogP contribution in [-0.4, -0.2) is 61.4 Å². The summed E-state index contributed by atoms with van der Waals surface area (Å²) in [6, 6.07) is 3.11. The van der Waals surface area contributed by atoms with Gasteiger partial charge in [-0.05, 0) is 25.1 Å². The van der Waals surface area contributed by atoms with Gasteiger partial charge in [0.15, 0.2) is 0 Å². The molecule has 0 spiro atoms. The summed E-state index contributed by atoms with van der Waals surface area (Å²) in [5, 5.41) is 8.60. The topological polar surface area (TPSA) is 77.9 Å². The van der Waals surface area contributed by atoms with Gasteiger partial charge in [-0.25, -0.2) is 8.42 Å². The zero-order valence-electron chi connectivity index (χ0n) is 11.4. The van der Waals surface area contributed by atoms with E-state index in [0.717, 1.165) is 11.3 Å². The molecule has 0 aliphatic carbocycles. The van der Waals surface area contributed by atoms with Crippen molar-refractivity contribution in [2.24, 2.45) is 0 Å². The summed E-state index contributed by atoms with van der Waals surface area (Å²) in [5.74, 6) is -0.800. The van der Waals surface area contributed by atoms with Crippen LogP contribution in [0.4, 0.5) is 0 Å². The second kappa shape index (κ2) is 7.06. The lowest BCUT2D eigenvalue weighted by atomic mass is 10.2. The van der Waals surface area contributed by atoms with Crippen molar-refractivity contribution in [3.8, 4) is 0 Å². The first-order valence-electron chi connectivity index (χ1n) is 6.59. The summed E-state index contributed by atoms with van der Waals surface area (Å²) in [6.07, 6.45) is 0.731. The van der Waals surface area contributed by atoms with E-state index in [1.54, 1.807) is 6.07 Å². The summed E-state index contributed by atoms with van der Waals surface area (Å²) >= 11 is 6.85. The van der Waals surface area contributed by atoms with Gasteiger partial charge >= 0.3 is 5.97 Å². The Hall–Kier alpha value is -0.670. The van der Waals surface area contributed by atoms with Crippen LogP contribution in [0.25, 0.3) is 0 Å². The number of carboxylic acid groups (broad SMARTS) is 1. The van der Waals surface area contributed by atoms with Crippen molar-refractivity contribution < 1.29 is 18.3 Å². The van der Waals surface area contributed by atoms with E-state index in [-0.39, 0.29) is 10.6 Å². The molecule has 1 aliphatic rings. The van der Waals surface area contributed by atoms with Crippen LogP contribution in [0.5, 0.6) is 0 Å². The molecular formula is C12H17ClN2O4S2. The fraction of sp³-hybridized carbons (Fsp3) is 0.583. The average Bonchev–Trinajstić information content (AvgIpc) is 2.86. The maximum Gasteiger partial charge on any atom is 0.303 e. The molecule has 1 aromatic rings. The molecule has 0 bridgehead atoms. The van der Waals surface area contributed by atoms with Gasteiger partial charge < -0.3 is 10.0 Å². The molecule has 0 radical (unpaired) electrons. The summed E-state index contributed by atoms with van der Waals surface area (Å²) in [4.78, 5) is 12.6. The van der Waals surface area contributed by atoms with Crippen LogP contribution < -0.4 is 0 Å². The van der Waals surface area contributed by atoms with E-state index in [1.165, 1.54) is 10.4 Å². The highest BCUT2D eigenvalue weighted by molar-refractivity contribution is 7.91. The van der Waals surface area contributed by atoms with E-state index >= 15 is 0 Å². The van der Waals surface area contributed by atoms with Crippen molar-refractivity contribution in [2.45, 2.75) is 17.1 Å². The smallest absolute Gasteiger partial charge is 0.303 e. The van der Waals surface area contributed by atoms with E-state index in [0.29, 0.717) is 43.5 Å². The average molecular weight is 353 g/mol. The molecule has 2 heterocycles. The monoisotopic (exact) mass is 352 g/mol. The Bertz CT molecular complexity index is 594. The Morgan fingerprint density at radius 1 is 1.29 bits per heavy atom. The number of rotatable bonds is 6. The molecule has 1 aromatic heterocycles. The van der Waals surface area contributed by atoms with Gasteiger partial charge in [0.05, 0.1) is 4.34 Å². The molecule has 9 heteroatoms. The Kier molecular flexibility index (Phi) is 5.61. The van der Waals surface area contributed by atoms with Crippen LogP contribution in [0.2, 0.25) is 4.34 Å². The fourth-order valence-electron chi connectivity index (χ4n) is 2.21. The number of nitrogens with zero attached hydrogens (tertiary/aromatic N) is 2. The van der Waals surface area contributed by atoms with Crippen molar-refractivity contribution >= 4 is 38.9 Å². The predicted molar refractivity (Wildman–Crippen MR) is 81.4 cm³/mol. The summed E-state index contributed by atoms with van der Waals surface area (Å²) in [5.41, 5.74) is 0. The number of aliphatic carboxylic acids is 1. The van der Waals surface area contributed by atoms with Crippen molar-refractivity contribution in [3.05, 3.63) is 16.5 Å². The maximum absolute atomic E-state index is 12.4. The zero-order valence-corrected chi connectivity index (χ0v) is 13.8. The lowest BCUT2D eigenvalue weighted by Crippen LogP contribution is -2.48. The number of carboxylic acids is 1. The third kappa shape index (κ3) is 4.40. The summed E-state index contributed by atoms with van der Waals surface area (Å²) in [6.45, 7) is 2.77. The van der Waals surface area contributed by atoms with Gasteiger partial charge in [-0.15, -0.1) is 11.3 Å². The van der Waals surface area contributed by atoms with Crippen molar-refractivity contribution in [1.29, 1.82) is 0 Å². The molecule has 0 saturated carbocycles. The highest BCUT2D eigenvalue weighted by Crippen LogP contribution is 2.28. The van der Waals surface area contributed by atoms with Crippen molar-refractivity contribution in [2.75, 3.05) is 32.7 Å². The van der Waals surface area contributed by atoms with E-state index in [2.05, 4.69) is 4.90 Å². The van der Waals surface area contributed by atoms with Crippen LogP contribution in [0, 0.1) is 0 Å². The first-order valence-corrected chi connectivity index (χ1v) is 9.22. The van der Waals surface area contributed by atoms with Crippen LogP contribution in [-0.2, 0) is 14.8 Å². The lowest BCUT2D eigenvalue weighted by Gasteiger charge is -2.33. The third-order valence-electron chi connectivity index (χ3n) is 3.34. The normalized spacial score (nSPS) is 18.0. The highest BCUT2D eigenvalue weighted by Gasteiger charge is 2.29. The van der Waals surface area contributed by atoms with Gasteiger partial charge in [0.25, 0.3) is 10.0 Å². The molecule has 0 atom stereocenters. The van der Waals surface area contributed by atoms with Gasteiger partial charge in [0.2, 0.25) is 0 Å². The molecule has 1 fully saturated rings. The Morgan fingerprint density at radius 3 is 2.48 bits per heavy atom. The molecule has 1 N–H and O–H groups in total. The molecule has 21 heavy (non-hydrogen) atoms. The number of piperazine rings is 1. The molecule has 0 amide bonds. The molecular weight excluding hydrogens is 336 g/mol.